The van der Waals surface area contributed by atoms with E-state index < -0.39 is 39.7 Å². The van der Waals surface area contributed by atoms with Crippen molar-refractivity contribution in [1.29, 1.82) is 0 Å². The monoisotopic (exact) mass is 407 g/mol. The van der Waals surface area contributed by atoms with Gasteiger partial charge >= 0.3 is 6.61 Å². The normalized spacial score (nSPS) is 11.7. The lowest BCUT2D eigenvalue weighted by molar-refractivity contribution is -0.0523. The van der Waals surface area contributed by atoms with Gasteiger partial charge in [0, 0.05) is 24.5 Å². The highest BCUT2D eigenvalue weighted by atomic mass is 32.2. The van der Waals surface area contributed by atoms with Crippen LogP contribution in [0.15, 0.2) is 41.6 Å². The van der Waals surface area contributed by atoms with Crippen LogP contribution in [0.2, 0.25) is 0 Å². The van der Waals surface area contributed by atoms with Crippen molar-refractivity contribution in [2.24, 2.45) is 0 Å². The third kappa shape index (κ3) is 3.80. The predicted octanol–water partition coefficient (Wildman–Crippen LogP) is 3.82. The van der Waals surface area contributed by atoms with Gasteiger partial charge in [0.05, 0.1) is 16.3 Å². The fraction of sp³-hybridized carbons (Fsp3) is 0.0714. The van der Waals surface area contributed by atoms with Crippen molar-refractivity contribution in [3.05, 3.63) is 48.3 Å². The summed E-state index contributed by atoms with van der Waals surface area (Å²) in [5.41, 5.74) is -0.273. The topological polar surface area (TPSA) is 84.1 Å². The highest BCUT2D eigenvalue weighted by molar-refractivity contribution is 7.92. The fourth-order valence-corrected chi connectivity index (χ4v) is 3.65. The minimum Gasteiger partial charge on any atom is -0.432 e. The first-order valence-corrected chi connectivity index (χ1v) is 9.08. The number of halogens is 4. The minimum atomic E-state index is -4.25. The molecule has 2 aromatic heterocycles. The number of benzene rings is 1. The van der Waals surface area contributed by atoms with Gasteiger partial charge in [-0.3, -0.25) is 4.72 Å². The second kappa shape index (κ2) is 6.96. The van der Waals surface area contributed by atoms with Crippen molar-refractivity contribution < 1.29 is 30.7 Å². The summed E-state index contributed by atoms with van der Waals surface area (Å²) in [7, 11) is -4.25. The van der Waals surface area contributed by atoms with Gasteiger partial charge in [0.15, 0.2) is 17.4 Å². The number of alkyl halides is 2. The maximum Gasteiger partial charge on any atom is 0.387 e. The quantitative estimate of drug-likeness (QED) is 0.609. The standard InChI is InChI=1S/C14H9F4N3O3S2/c15-8-5-12(24-14(17)18)9(16)4-10(8)21-26(22,23)7-3-11(19-6-7)13-1-2-20-25-13/h1-6,14,19,21H. The summed E-state index contributed by atoms with van der Waals surface area (Å²) >= 11 is 1.13. The molecule has 2 N–H and O–H groups in total. The van der Waals surface area contributed by atoms with Gasteiger partial charge in [-0.05, 0) is 23.7 Å². The summed E-state index contributed by atoms with van der Waals surface area (Å²) in [5, 5.41) is 0. The Hall–Kier alpha value is -2.60. The SMILES string of the molecule is O=S(=O)(Nc1cc(F)c(OC(F)F)cc1F)c1c[nH]c(-c2ccns2)c1. The number of nitrogens with zero attached hydrogens (tertiary/aromatic N) is 1. The number of anilines is 1. The molecule has 0 saturated heterocycles. The van der Waals surface area contributed by atoms with E-state index in [9.17, 15) is 26.0 Å². The van der Waals surface area contributed by atoms with E-state index in [1.165, 1.54) is 18.5 Å². The number of aromatic amines is 1. The van der Waals surface area contributed by atoms with Crippen LogP contribution >= 0.6 is 11.5 Å². The van der Waals surface area contributed by atoms with Crippen molar-refractivity contribution in [1.82, 2.24) is 9.36 Å². The van der Waals surface area contributed by atoms with Crippen LogP contribution < -0.4 is 9.46 Å². The van der Waals surface area contributed by atoms with Gasteiger partial charge in [-0.2, -0.15) is 8.78 Å². The summed E-state index contributed by atoms with van der Waals surface area (Å²) in [6.45, 7) is -3.35. The molecule has 138 valence electrons. The van der Waals surface area contributed by atoms with Gasteiger partial charge < -0.3 is 9.72 Å². The van der Waals surface area contributed by atoms with Gasteiger partial charge in [-0.1, -0.05) is 0 Å². The van der Waals surface area contributed by atoms with E-state index in [4.69, 9.17) is 0 Å². The molecule has 0 atom stereocenters. The highest BCUT2D eigenvalue weighted by Crippen LogP contribution is 2.29. The van der Waals surface area contributed by atoms with Gasteiger partial charge in [-0.25, -0.2) is 21.6 Å². The number of ether oxygens (including phenoxy) is 1. The molecule has 3 aromatic rings. The van der Waals surface area contributed by atoms with Crippen LogP contribution in [0.3, 0.4) is 0 Å². The maximum absolute atomic E-state index is 13.9. The van der Waals surface area contributed by atoms with Crippen molar-refractivity contribution in [3.8, 4) is 16.3 Å². The molecule has 0 aliphatic heterocycles. The third-order valence-electron chi connectivity index (χ3n) is 3.15. The average Bonchev–Trinajstić information content (AvgIpc) is 3.22. The van der Waals surface area contributed by atoms with Crippen LogP contribution in [0.25, 0.3) is 10.6 Å². The van der Waals surface area contributed by atoms with Crippen LogP contribution in [-0.2, 0) is 10.0 Å². The number of sulfonamides is 1. The van der Waals surface area contributed by atoms with Crippen molar-refractivity contribution in [2.75, 3.05) is 4.72 Å². The molecule has 0 bridgehead atoms. The Morgan fingerprint density at radius 1 is 1.19 bits per heavy atom. The fourth-order valence-electron chi connectivity index (χ4n) is 2.02. The summed E-state index contributed by atoms with van der Waals surface area (Å²) in [6.07, 6.45) is 2.70. The number of H-pyrrole nitrogens is 1. The van der Waals surface area contributed by atoms with E-state index in [-0.39, 0.29) is 4.90 Å². The largest absolute Gasteiger partial charge is 0.432 e. The first kappa shape index (κ1) is 18.2. The first-order valence-electron chi connectivity index (χ1n) is 6.82. The zero-order valence-electron chi connectivity index (χ0n) is 12.5. The lowest BCUT2D eigenvalue weighted by Crippen LogP contribution is -2.14. The number of aromatic nitrogens is 2. The number of hydrogen-bond acceptors (Lipinski definition) is 5. The molecule has 3 rings (SSSR count). The highest BCUT2D eigenvalue weighted by Gasteiger charge is 2.21. The Labute approximate surface area is 148 Å². The van der Waals surface area contributed by atoms with E-state index in [1.807, 2.05) is 4.72 Å². The van der Waals surface area contributed by atoms with E-state index in [2.05, 4.69) is 14.1 Å². The molecule has 0 saturated carbocycles. The Morgan fingerprint density at radius 3 is 2.62 bits per heavy atom. The third-order valence-corrected chi connectivity index (χ3v) is 5.28. The van der Waals surface area contributed by atoms with E-state index in [1.54, 1.807) is 6.07 Å². The zero-order valence-corrected chi connectivity index (χ0v) is 14.2. The van der Waals surface area contributed by atoms with Gasteiger partial charge in [0.1, 0.15) is 4.90 Å². The molecule has 0 radical (unpaired) electrons. The zero-order chi connectivity index (χ0) is 18.9. The Kier molecular flexibility index (Phi) is 4.87. The molecule has 0 spiro atoms. The Bertz CT molecular complexity index is 1020. The van der Waals surface area contributed by atoms with E-state index in [0.717, 1.165) is 11.5 Å². The van der Waals surface area contributed by atoms with Crippen LogP contribution in [-0.4, -0.2) is 24.4 Å². The van der Waals surface area contributed by atoms with Gasteiger partial charge in [-0.15, -0.1) is 0 Å². The Morgan fingerprint density at radius 2 is 1.96 bits per heavy atom. The second-order valence-electron chi connectivity index (χ2n) is 4.87. The molecule has 0 aliphatic carbocycles. The van der Waals surface area contributed by atoms with Gasteiger partial charge in [0.25, 0.3) is 10.0 Å². The molecule has 0 aliphatic rings. The van der Waals surface area contributed by atoms with Crippen LogP contribution in [0.1, 0.15) is 0 Å². The molecule has 26 heavy (non-hydrogen) atoms. The minimum absolute atomic E-state index is 0.228. The second-order valence-corrected chi connectivity index (χ2v) is 7.39. The van der Waals surface area contributed by atoms with Crippen molar-refractivity contribution in [3.63, 3.8) is 0 Å². The molecule has 2 heterocycles. The summed E-state index contributed by atoms with van der Waals surface area (Å²) in [6, 6.07) is 3.70. The molecule has 0 unspecified atom stereocenters. The van der Waals surface area contributed by atoms with Crippen molar-refractivity contribution >= 4 is 27.2 Å². The summed E-state index contributed by atoms with van der Waals surface area (Å²) < 4.78 is 86.0. The number of rotatable bonds is 6. The first-order chi connectivity index (χ1) is 12.3. The average molecular weight is 407 g/mol. The lowest BCUT2D eigenvalue weighted by atomic mass is 10.3. The van der Waals surface area contributed by atoms with Crippen molar-refractivity contribution in [2.45, 2.75) is 11.5 Å². The number of hydrogen-bond donors (Lipinski definition) is 2. The summed E-state index contributed by atoms with van der Waals surface area (Å²) in [4.78, 5) is 3.19. The molecule has 1 aromatic carbocycles. The van der Waals surface area contributed by atoms with E-state index >= 15 is 0 Å². The molecule has 0 amide bonds. The Balaban J connectivity index is 1.87. The maximum atomic E-state index is 13.9. The summed E-state index contributed by atoms with van der Waals surface area (Å²) in [5.74, 6) is -3.65. The smallest absolute Gasteiger partial charge is 0.387 e. The molecule has 6 nitrogen and oxygen atoms in total. The number of nitrogens with one attached hydrogen (secondary N) is 2. The lowest BCUT2D eigenvalue weighted by Gasteiger charge is -2.11. The van der Waals surface area contributed by atoms with Crippen LogP contribution in [0.4, 0.5) is 23.2 Å². The van der Waals surface area contributed by atoms with Crippen LogP contribution in [0, 0.1) is 11.6 Å². The van der Waals surface area contributed by atoms with Crippen LogP contribution in [0.5, 0.6) is 5.75 Å². The molecular formula is C14H9F4N3O3S2. The molecule has 12 heteroatoms. The van der Waals surface area contributed by atoms with E-state index in [0.29, 0.717) is 22.7 Å². The molecular weight excluding hydrogens is 398 g/mol. The molecule has 0 fully saturated rings. The predicted molar refractivity (Wildman–Crippen MR) is 85.7 cm³/mol. The van der Waals surface area contributed by atoms with Gasteiger partial charge in [0.2, 0.25) is 0 Å².